The molecule has 0 aliphatic carbocycles. The number of aromatic nitrogens is 4. The van der Waals surface area contributed by atoms with Crippen molar-refractivity contribution < 1.29 is 9.52 Å². The fourth-order valence-corrected chi connectivity index (χ4v) is 3.54. The Hall–Kier alpha value is -2.84. The van der Waals surface area contributed by atoms with Gasteiger partial charge in [0.05, 0.1) is 10.7 Å². The molecule has 130 valence electrons. The molecule has 0 aliphatic heterocycles. The summed E-state index contributed by atoms with van der Waals surface area (Å²) in [6.45, 7) is 0. The third kappa shape index (κ3) is 3.16. The zero-order valence-electron chi connectivity index (χ0n) is 13.2. The highest BCUT2D eigenvalue weighted by atomic mass is 35.5. The van der Waals surface area contributed by atoms with Gasteiger partial charge >= 0.3 is 5.63 Å². The molecule has 4 rings (SSSR count). The van der Waals surface area contributed by atoms with Crippen LogP contribution in [0.15, 0.2) is 62.9 Å². The zero-order chi connectivity index (χ0) is 18.1. The summed E-state index contributed by atoms with van der Waals surface area (Å²) in [4.78, 5) is 11.8. The van der Waals surface area contributed by atoms with Crippen molar-refractivity contribution in [3.05, 3.63) is 69.5 Å². The van der Waals surface area contributed by atoms with Crippen molar-refractivity contribution in [2.45, 2.75) is 10.9 Å². The summed E-state index contributed by atoms with van der Waals surface area (Å²) in [7, 11) is 0. The Bertz CT molecular complexity index is 1140. The Kier molecular flexibility index (Phi) is 4.36. The monoisotopic (exact) mass is 386 g/mol. The summed E-state index contributed by atoms with van der Waals surface area (Å²) in [6.07, 6.45) is 0. The standard InChI is InChI=1S/C17H11ClN4O3S/c18-13-7-12-10(6-16(24)25-15(12)8-14(13)23)9-26-17-19-20-21-22(17)11-4-2-1-3-5-11/h1-8,23H,9H2. The van der Waals surface area contributed by atoms with Crippen molar-refractivity contribution in [2.75, 3.05) is 0 Å². The molecule has 0 saturated heterocycles. The molecule has 0 fully saturated rings. The number of thioether (sulfide) groups is 1. The molecule has 0 amide bonds. The maximum atomic E-state index is 11.8. The number of benzene rings is 2. The van der Waals surface area contributed by atoms with Gasteiger partial charge in [-0.1, -0.05) is 41.6 Å². The van der Waals surface area contributed by atoms with Crippen LogP contribution in [-0.4, -0.2) is 25.3 Å². The maximum Gasteiger partial charge on any atom is 0.336 e. The van der Waals surface area contributed by atoms with E-state index in [1.807, 2.05) is 30.3 Å². The maximum absolute atomic E-state index is 11.8. The average Bonchev–Trinajstić information content (AvgIpc) is 3.10. The van der Waals surface area contributed by atoms with Gasteiger partial charge in [0.25, 0.3) is 0 Å². The van der Waals surface area contributed by atoms with Gasteiger partial charge < -0.3 is 9.52 Å². The molecule has 7 nitrogen and oxygen atoms in total. The van der Waals surface area contributed by atoms with Crippen LogP contribution < -0.4 is 5.63 Å². The predicted molar refractivity (Wildman–Crippen MR) is 97.9 cm³/mol. The topological polar surface area (TPSA) is 94.0 Å². The van der Waals surface area contributed by atoms with Gasteiger partial charge in [0.1, 0.15) is 11.3 Å². The van der Waals surface area contributed by atoms with E-state index in [-0.39, 0.29) is 16.4 Å². The number of phenols is 1. The molecule has 2 aromatic carbocycles. The number of halogens is 1. The molecule has 4 aromatic rings. The van der Waals surface area contributed by atoms with E-state index >= 15 is 0 Å². The van der Waals surface area contributed by atoms with Crippen LogP contribution in [0.2, 0.25) is 5.02 Å². The van der Waals surface area contributed by atoms with Crippen LogP contribution in [-0.2, 0) is 5.75 Å². The summed E-state index contributed by atoms with van der Waals surface area (Å²) in [6, 6.07) is 13.8. The number of aromatic hydroxyl groups is 1. The molecule has 0 bridgehead atoms. The van der Waals surface area contributed by atoms with Crippen LogP contribution in [0.5, 0.6) is 5.75 Å². The lowest BCUT2D eigenvalue weighted by Gasteiger charge is -2.07. The van der Waals surface area contributed by atoms with E-state index in [1.54, 1.807) is 10.7 Å². The van der Waals surface area contributed by atoms with Crippen molar-refractivity contribution in [3.63, 3.8) is 0 Å². The first-order chi connectivity index (χ1) is 12.6. The first kappa shape index (κ1) is 16.6. The van der Waals surface area contributed by atoms with Crippen molar-refractivity contribution in [2.24, 2.45) is 0 Å². The number of fused-ring (bicyclic) bond motifs is 1. The first-order valence-electron chi connectivity index (χ1n) is 7.53. The molecule has 0 atom stereocenters. The third-order valence-electron chi connectivity index (χ3n) is 3.70. The van der Waals surface area contributed by atoms with E-state index in [1.165, 1.54) is 23.9 Å². The number of hydrogen-bond donors (Lipinski definition) is 1. The lowest BCUT2D eigenvalue weighted by atomic mass is 10.1. The normalized spacial score (nSPS) is 11.1. The largest absolute Gasteiger partial charge is 0.506 e. The van der Waals surface area contributed by atoms with Crippen LogP contribution in [0.4, 0.5) is 0 Å². The fourth-order valence-electron chi connectivity index (χ4n) is 2.50. The Morgan fingerprint density at radius 2 is 2.00 bits per heavy atom. The lowest BCUT2D eigenvalue weighted by molar-refractivity contribution is 0.473. The van der Waals surface area contributed by atoms with Crippen molar-refractivity contribution in [1.29, 1.82) is 0 Å². The molecule has 26 heavy (non-hydrogen) atoms. The van der Waals surface area contributed by atoms with E-state index < -0.39 is 5.63 Å². The van der Waals surface area contributed by atoms with E-state index in [0.717, 1.165) is 5.69 Å². The number of rotatable bonds is 4. The van der Waals surface area contributed by atoms with Crippen LogP contribution in [0.25, 0.3) is 16.7 Å². The van der Waals surface area contributed by atoms with E-state index in [0.29, 0.717) is 21.9 Å². The highest BCUT2D eigenvalue weighted by Crippen LogP contribution is 2.32. The van der Waals surface area contributed by atoms with Gasteiger partial charge in [0.15, 0.2) is 0 Å². The summed E-state index contributed by atoms with van der Waals surface area (Å²) < 4.78 is 6.76. The number of para-hydroxylation sites is 1. The van der Waals surface area contributed by atoms with Gasteiger partial charge in [0.2, 0.25) is 5.16 Å². The summed E-state index contributed by atoms with van der Waals surface area (Å²) in [5, 5.41) is 22.9. The minimum atomic E-state index is -0.502. The fraction of sp³-hybridized carbons (Fsp3) is 0.0588. The molecule has 0 saturated carbocycles. The Labute approximate surface area is 156 Å². The SMILES string of the molecule is O=c1cc(CSc2nnnn2-c2ccccc2)c2cc(Cl)c(O)cc2o1. The molecule has 0 spiro atoms. The smallest absolute Gasteiger partial charge is 0.336 e. The number of hydrogen-bond acceptors (Lipinski definition) is 7. The summed E-state index contributed by atoms with van der Waals surface area (Å²) in [5.41, 5.74) is 1.33. The van der Waals surface area contributed by atoms with E-state index in [2.05, 4.69) is 15.5 Å². The summed E-state index contributed by atoms with van der Waals surface area (Å²) in [5.74, 6) is 0.288. The molecular weight excluding hydrogens is 376 g/mol. The molecule has 0 aliphatic rings. The highest BCUT2D eigenvalue weighted by Gasteiger charge is 2.13. The second kappa shape index (κ2) is 6.81. The molecule has 1 N–H and O–H groups in total. The van der Waals surface area contributed by atoms with Crippen molar-refractivity contribution >= 4 is 34.3 Å². The van der Waals surface area contributed by atoms with Crippen LogP contribution in [0.1, 0.15) is 5.56 Å². The second-order valence-electron chi connectivity index (χ2n) is 5.39. The summed E-state index contributed by atoms with van der Waals surface area (Å²) >= 11 is 7.37. The van der Waals surface area contributed by atoms with Gasteiger partial charge in [0, 0.05) is 23.3 Å². The van der Waals surface area contributed by atoms with E-state index in [4.69, 9.17) is 16.0 Å². The van der Waals surface area contributed by atoms with E-state index in [9.17, 15) is 9.90 Å². The minimum absolute atomic E-state index is 0.139. The second-order valence-corrected chi connectivity index (χ2v) is 6.74. The molecule has 2 aromatic heterocycles. The van der Waals surface area contributed by atoms with Crippen molar-refractivity contribution in [3.8, 4) is 11.4 Å². The molecule has 0 radical (unpaired) electrons. The minimum Gasteiger partial charge on any atom is -0.506 e. The highest BCUT2D eigenvalue weighted by molar-refractivity contribution is 7.98. The van der Waals surface area contributed by atoms with Crippen LogP contribution in [0.3, 0.4) is 0 Å². The zero-order valence-corrected chi connectivity index (χ0v) is 14.7. The quantitative estimate of drug-likeness (QED) is 0.424. The van der Waals surface area contributed by atoms with Gasteiger partial charge in [-0.25, -0.2) is 4.79 Å². The Morgan fingerprint density at radius 1 is 1.19 bits per heavy atom. The lowest BCUT2D eigenvalue weighted by Crippen LogP contribution is -2.01. The first-order valence-corrected chi connectivity index (χ1v) is 8.90. The Balaban J connectivity index is 1.69. The molecule has 9 heteroatoms. The number of nitrogens with zero attached hydrogens (tertiary/aromatic N) is 4. The van der Waals surface area contributed by atoms with Gasteiger partial charge in [-0.2, -0.15) is 4.68 Å². The van der Waals surface area contributed by atoms with Crippen molar-refractivity contribution in [1.82, 2.24) is 20.2 Å². The number of phenolic OH excluding ortho intramolecular Hbond substituents is 1. The molecular formula is C17H11ClN4O3S. The third-order valence-corrected chi connectivity index (χ3v) is 4.97. The Morgan fingerprint density at radius 3 is 2.81 bits per heavy atom. The average molecular weight is 387 g/mol. The molecule has 0 unspecified atom stereocenters. The van der Waals surface area contributed by atoms with Crippen LogP contribution in [0, 0.1) is 0 Å². The van der Waals surface area contributed by atoms with Gasteiger partial charge in [-0.15, -0.1) is 5.10 Å². The van der Waals surface area contributed by atoms with Gasteiger partial charge in [-0.3, -0.25) is 0 Å². The van der Waals surface area contributed by atoms with Crippen LogP contribution >= 0.6 is 23.4 Å². The molecule has 2 heterocycles. The number of tetrazole rings is 1. The predicted octanol–water partition coefficient (Wildman–Crippen LogP) is 3.42. The van der Waals surface area contributed by atoms with Gasteiger partial charge in [-0.05, 0) is 34.2 Å².